The van der Waals surface area contributed by atoms with Crippen LogP contribution in [-0.2, 0) is 23.5 Å². The quantitative estimate of drug-likeness (QED) is 0.498. The van der Waals surface area contributed by atoms with Crippen LogP contribution in [0.5, 0.6) is 0 Å². The first kappa shape index (κ1) is 12.5. The molecule has 0 radical (unpaired) electrons. The van der Waals surface area contributed by atoms with Crippen LogP contribution >= 0.6 is 0 Å². The van der Waals surface area contributed by atoms with Crippen molar-refractivity contribution in [3.05, 3.63) is 0 Å². The molecule has 0 saturated carbocycles. The van der Waals surface area contributed by atoms with Crippen molar-refractivity contribution >= 4 is 13.3 Å². The topological polar surface area (TPSA) is 54.0 Å². The highest BCUT2D eigenvalue weighted by molar-refractivity contribution is 6.37. The molecule has 2 atom stereocenters. The Labute approximate surface area is 90.2 Å². The zero-order valence-electron chi connectivity index (χ0n) is 9.39. The van der Waals surface area contributed by atoms with Gasteiger partial charge >= 0.3 is 13.3 Å². The highest BCUT2D eigenvalue weighted by Crippen LogP contribution is 2.10. The van der Waals surface area contributed by atoms with Crippen molar-refractivity contribution in [1.82, 2.24) is 0 Å². The summed E-state index contributed by atoms with van der Waals surface area (Å²) in [5.41, 5.74) is 0. The molecule has 0 aromatic carbocycles. The second-order valence-corrected chi connectivity index (χ2v) is 3.56. The summed E-state index contributed by atoms with van der Waals surface area (Å²) in [6.07, 6.45) is 0.560. The van der Waals surface area contributed by atoms with E-state index in [4.69, 9.17) is 18.7 Å². The standard InChI is InChI=1S/C9H17BO5/c1-4-7(2)9(11)13-5-8-6-14-10(12-3)15-8/h7-8H,4-6H2,1-3H3. The lowest BCUT2D eigenvalue weighted by molar-refractivity contribution is -0.150. The van der Waals surface area contributed by atoms with Crippen molar-refractivity contribution in [1.29, 1.82) is 0 Å². The Morgan fingerprint density at radius 2 is 2.40 bits per heavy atom. The Morgan fingerprint density at radius 3 is 2.93 bits per heavy atom. The number of rotatable bonds is 5. The Kier molecular flexibility index (Phi) is 5.07. The summed E-state index contributed by atoms with van der Waals surface area (Å²) in [5, 5.41) is 0. The van der Waals surface area contributed by atoms with E-state index in [9.17, 15) is 4.79 Å². The molecule has 0 amide bonds. The molecule has 1 aliphatic rings. The van der Waals surface area contributed by atoms with E-state index in [-0.39, 0.29) is 24.6 Å². The zero-order chi connectivity index (χ0) is 11.3. The highest BCUT2D eigenvalue weighted by atomic mass is 16.8. The van der Waals surface area contributed by atoms with Crippen molar-refractivity contribution in [3.8, 4) is 0 Å². The molecular weight excluding hydrogens is 199 g/mol. The maximum atomic E-state index is 11.3. The van der Waals surface area contributed by atoms with Gasteiger partial charge in [0, 0.05) is 7.11 Å². The minimum absolute atomic E-state index is 0.0643. The van der Waals surface area contributed by atoms with Gasteiger partial charge in [-0.25, -0.2) is 0 Å². The fourth-order valence-corrected chi connectivity index (χ4v) is 1.12. The minimum Gasteiger partial charge on any atom is -0.463 e. The molecule has 1 aliphatic heterocycles. The van der Waals surface area contributed by atoms with Gasteiger partial charge in [-0.05, 0) is 6.42 Å². The van der Waals surface area contributed by atoms with Gasteiger partial charge in [0.25, 0.3) is 0 Å². The molecule has 0 N–H and O–H groups in total. The van der Waals surface area contributed by atoms with Crippen LogP contribution in [0.25, 0.3) is 0 Å². The Morgan fingerprint density at radius 1 is 1.67 bits per heavy atom. The SMILES string of the molecule is CCC(C)C(=O)OCC1COB(OC)O1. The largest absolute Gasteiger partial charge is 0.639 e. The van der Waals surface area contributed by atoms with Crippen LogP contribution in [0.1, 0.15) is 20.3 Å². The van der Waals surface area contributed by atoms with Gasteiger partial charge in [-0.1, -0.05) is 13.8 Å². The van der Waals surface area contributed by atoms with Crippen molar-refractivity contribution in [2.24, 2.45) is 5.92 Å². The molecule has 0 aliphatic carbocycles. The third-order valence-electron chi connectivity index (χ3n) is 2.34. The summed E-state index contributed by atoms with van der Waals surface area (Å²) in [6, 6.07) is 0. The van der Waals surface area contributed by atoms with Gasteiger partial charge in [0.2, 0.25) is 0 Å². The van der Waals surface area contributed by atoms with E-state index in [0.717, 1.165) is 6.42 Å². The average molecular weight is 216 g/mol. The smallest absolute Gasteiger partial charge is 0.463 e. The molecular formula is C9H17BO5. The van der Waals surface area contributed by atoms with E-state index in [1.165, 1.54) is 7.11 Å². The molecule has 1 saturated heterocycles. The lowest BCUT2D eigenvalue weighted by Crippen LogP contribution is -2.25. The lowest BCUT2D eigenvalue weighted by Gasteiger charge is -2.12. The van der Waals surface area contributed by atoms with Crippen molar-refractivity contribution < 1.29 is 23.5 Å². The van der Waals surface area contributed by atoms with Gasteiger partial charge in [-0.3, -0.25) is 4.79 Å². The van der Waals surface area contributed by atoms with Crippen LogP contribution in [0.4, 0.5) is 0 Å². The summed E-state index contributed by atoms with van der Waals surface area (Å²) >= 11 is 0. The van der Waals surface area contributed by atoms with E-state index in [0.29, 0.717) is 6.61 Å². The predicted octanol–water partition coefficient (Wildman–Crippen LogP) is 0.622. The lowest BCUT2D eigenvalue weighted by atomic mass is 10.1. The number of carbonyl (C=O) groups is 1. The van der Waals surface area contributed by atoms with Crippen LogP contribution < -0.4 is 0 Å². The summed E-state index contributed by atoms with van der Waals surface area (Å²) in [4.78, 5) is 11.3. The maximum absolute atomic E-state index is 11.3. The zero-order valence-corrected chi connectivity index (χ0v) is 9.39. The molecule has 1 fully saturated rings. The maximum Gasteiger partial charge on any atom is 0.639 e. The fourth-order valence-electron chi connectivity index (χ4n) is 1.12. The summed E-state index contributed by atoms with van der Waals surface area (Å²) in [5.74, 6) is -0.257. The summed E-state index contributed by atoms with van der Waals surface area (Å²) in [7, 11) is 0.871. The number of carbonyl (C=O) groups excluding carboxylic acids is 1. The van der Waals surface area contributed by atoms with Gasteiger partial charge in [-0.2, -0.15) is 0 Å². The molecule has 0 spiro atoms. The molecule has 5 nitrogen and oxygen atoms in total. The molecule has 0 bridgehead atoms. The first-order valence-corrected chi connectivity index (χ1v) is 5.13. The second-order valence-electron chi connectivity index (χ2n) is 3.56. The highest BCUT2D eigenvalue weighted by Gasteiger charge is 2.33. The van der Waals surface area contributed by atoms with E-state index in [1.807, 2.05) is 13.8 Å². The Balaban J connectivity index is 2.18. The van der Waals surface area contributed by atoms with Gasteiger partial charge in [-0.15, -0.1) is 0 Å². The summed E-state index contributed by atoms with van der Waals surface area (Å²) < 4.78 is 20.3. The van der Waals surface area contributed by atoms with Gasteiger partial charge in [0.05, 0.1) is 12.5 Å². The number of esters is 1. The molecule has 6 heteroatoms. The Hall–Kier alpha value is -0.585. The molecule has 0 aromatic heterocycles. The number of hydrogen-bond acceptors (Lipinski definition) is 5. The molecule has 86 valence electrons. The molecule has 1 heterocycles. The first-order chi connectivity index (χ1) is 7.17. The van der Waals surface area contributed by atoms with Crippen molar-refractivity contribution in [2.45, 2.75) is 26.4 Å². The molecule has 15 heavy (non-hydrogen) atoms. The van der Waals surface area contributed by atoms with E-state index >= 15 is 0 Å². The molecule has 1 rings (SSSR count). The van der Waals surface area contributed by atoms with E-state index in [2.05, 4.69) is 0 Å². The van der Waals surface area contributed by atoms with Crippen molar-refractivity contribution in [3.63, 3.8) is 0 Å². The van der Waals surface area contributed by atoms with E-state index in [1.54, 1.807) is 0 Å². The molecule has 2 unspecified atom stereocenters. The van der Waals surface area contributed by atoms with Crippen LogP contribution in [-0.4, -0.2) is 39.7 Å². The van der Waals surface area contributed by atoms with Crippen LogP contribution in [0, 0.1) is 5.92 Å². The normalized spacial score (nSPS) is 22.9. The Bertz CT molecular complexity index is 211. The van der Waals surface area contributed by atoms with Gasteiger partial charge in [0.15, 0.2) is 0 Å². The monoisotopic (exact) mass is 216 g/mol. The predicted molar refractivity (Wildman–Crippen MR) is 54.0 cm³/mol. The van der Waals surface area contributed by atoms with Crippen LogP contribution in [0.3, 0.4) is 0 Å². The van der Waals surface area contributed by atoms with E-state index < -0.39 is 7.32 Å². The third-order valence-corrected chi connectivity index (χ3v) is 2.34. The van der Waals surface area contributed by atoms with Crippen molar-refractivity contribution in [2.75, 3.05) is 20.3 Å². The van der Waals surface area contributed by atoms with Crippen LogP contribution in [0.15, 0.2) is 0 Å². The van der Waals surface area contributed by atoms with Gasteiger partial charge in [0.1, 0.15) is 12.7 Å². The van der Waals surface area contributed by atoms with Gasteiger partial charge < -0.3 is 18.7 Å². The number of ether oxygens (including phenoxy) is 1. The average Bonchev–Trinajstić information content (AvgIpc) is 2.72. The number of hydrogen-bond donors (Lipinski definition) is 0. The second kappa shape index (κ2) is 6.10. The third kappa shape index (κ3) is 3.81. The summed E-state index contributed by atoms with van der Waals surface area (Å²) in [6.45, 7) is 4.41. The first-order valence-electron chi connectivity index (χ1n) is 5.13. The fraction of sp³-hybridized carbons (Fsp3) is 0.889. The molecule has 0 aromatic rings. The minimum atomic E-state index is -0.627. The van der Waals surface area contributed by atoms with Crippen LogP contribution in [0.2, 0.25) is 0 Å².